The molecule has 3 rings (SSSR count). The summed E-state index contributed by atoms with van der Waals surface area (Å²) >= 11 is 4.68. The van der Waals surface area contributed by atoms with Crippen LogP contribution in [0.2, 0.25) is 0 Å². The van der Waals surface area contributed by atoms with Gasteiger partial charge in [0.05, 0.1) is 15.8 Å². The molecule has 0 atom stereocenters. The molecule has 0 unspecified atom stereocenters. The van der Waals surface area contributed by atoms with Crippen LogP contribution in [0.5, 0.6) is 0 Å². The Balaban J connectivity index is 2.22. The number of anilines is 1. The number of thiophene rings is 1. The topological polar surface area (TPSA) is 84.9 Å². The van der Waals surface area contributed by atoms with Gasteiger partial charge < -0.3 is 10.2 Å². The van der Waals surface area contributed by atoms with Gasteiger partial charge in [-0.1, -0.05) is 0 Å². The van der Waals surface area contributed by atoms with Crippen LogP contribution >= 0.6 is 27.3 Å². The first kappa shape index (κ1) is 11.5. The maximum atomic E-state index is 12.4. The summed E-state index contributed by atoms with van der Waals surface area (Å²) in [4.78, 5) is 13.0. The SMILES string of the molecule is Cc1[nH]nc2oc(N)c(C(=O)c3cc(Br)cs3)c12. The fraction of sp³-hybridized carbons (Fsp3) is 0.0909. The van der Waals surface area contributed by atoms with E-state index in [1.807, 2.05) is 12.3 Å². The van der Waals surface area contributed by atoms with Crippen molar-refractivity contribution in [3.05, 3.63) is 32.1 Å². The van der Waals surface area contributed by atoms with Crippen molar-refractivity contribution in [2.75, 3.05) is 5.73 Å². The third-order valence-corrected chi connectivity index (χ3v) is 4.33. The van der Waals surface area contributed by atoms with E-state index in [1.54, 1.807) is 6.07 Å². The maximum absolute atomic E-state index is 12.4. The average Bonchev–Trinajstić information content (AvgIpc) is 2.97. The molecule has 3 heterocycles. The third-order valence-electron chi connectivity index (χ3n) is 2.64. The normalized spacial score (nSPS) is 11.2. The maximum Gasteiger partial charge on any atom is 0.248 e. The fourth-order valence-electron chi connectivity index (χ4n) is 1.83. The summed E-state index contributed by atoms with van der Waals surface area (Å²) in [5.41, 5.74) is 7.28. The van der Waals surface area contributed by atoms with Crippen LogP contribution < -0.4 is 5.73 Å². The molecule has 3 N–H and O–H groups in total. The van der Waals surface area contributed by atoms with Gasteiger partial charge in [-0.25, -0.2) is 0 Å². The molecule has 7 heteroatoms. The van der Waals surface area contributed by atoms with E-state index in [4.69, 9.17) is 10.2 Å². The summed E-state index contributed by atoms with van der Waals surface area (Å²) < 4.78 is 6.15. The molecule has 0 aliphatic rings. The van der Waals surface area contributed by atoms with Gasteiger partial charge in [-0.15, -0.1) is 16.4 Å². The molecule has 3 aromatic rings. The number of nitrogens with one attached hydrogen (secondary N) is 1. The van der Waals surface area contributed by atoms with E-state index in [9.17, 15) is 4.79 Å². The van der Waals surface area contributed by atoms with Crippen molar-refractivity contribution in [1.82, 2.24) is 10.2 Å². The van der Waals surface area contributed by atoms with E-state index in [0.29, 0.717) is 21.5 Å². The number of hydrogen-bond donors (Lipinski definition) is 2. The zero-order valence-electron chi connectivity index (χ0n) is 9.28. The second kappa shape index (κ2) is 3.96. The van der Waals surface area contributed by atoms with Gasteiger partial charge in [0.25, 0.3) is 0 Å². The third kappa shape index (κ3) is 1.58. The van der Waals surface area contributed by atoms with E-state index < -0.39 is 0 Å². The molecule has 92 valence electrons. The minimum atomic E-state index is -0.147. The minimum absolute atomic E-state index is 0.110. The van der Waals surface area contributed by atoms with Crippen LogP contribution in [0, 0.1) is 6.92 Å². The summed E-state index contributed by atoms with van der Waals surface area (Å²) in [6, 6.07) is 1.76. The Hall–Kier alpha value is -1.60. The van der Waals surface area contributed by atoms with Crippen molar-refractivity contribution in [1.29, 1.82) is 0 Å². The van der Waals surface area contributed by atoms with E-state index in [1.165, 1.54) is 11.3 Å². The number of carbonyl (C=O) groups is 1. The van der Waals surface area contributed by atoms with Crippen molar-refractivity contribution < 1.29 is 9.21 Å². The number of nitrogens with two attached hydrogens (primary N) is 1. The Labute approximate surface area is 114 Å². The van der Waals surface area contributed by atoms with Gasteiger partial charge in [0.2, 0.25) is 17.4 Å². The molecule has 0 fully saturated rings. The lowest BCUT2D eigenvalue weighted by atomic mass is 10.1. The Kier molecular flexibility index (Phi) is 2.53. The number of nitrogen functional groups attached to an aromatic ring is 1. The number of halogens is 1. The van der Waals surface area contributed by atoms with E-state index in [2.05, 4.69) is 26.1 Å². The molecular weight excluding hydrogens is 318 g/mol. The summed E-state index contributed by atoms with van der Waals surface area (Å²) in [7, 11) is 0. The highest BCUT2D eigenvalue weighted by atomic mass is 79.9. The zero-order valence-corrected chi connectivity index (χ0v) is 11.7. The monoisotopic (exact) mass is 325 g/mol. The van der Waals surface area contributed by atoms with Gasteiger partial charge in [-0.2, -0.15) is 0 Å². The number of rotatable bonds is 2. The fourth-order valence-corrected chi connectivity index (χ4v) is 3.21. The number of aromatic nitrogens is 2. The number of carbonyl (C=O) groups excluding carboxylic acids is 1. The molecule has 0 aliphatic heterocycles. The van der Waals surface area contributed by atoms with Crippen molar-refractivity contribution in [2.24, 2.45) is 0 Å². The molecular formula is C11H8BrN3O2S. The number of nitrogens with zero attached hydrogens (tertiary/aromatic N) is 1. The number of hydrogen-bond acceptors (Lipinski definition) is 5. The van der Waals surface area contributed by atoms with Crippen molar-refractivity contribution >= 4 is 50.0 Å². The van der Waals surface area contributed by atoms with Crippen LogP contribution in [0.3, 0.4) is 0 Å². The van der Waals surface area contributed by atoms with Gasteiger partial charge in [0.1, 0.15) is 0 Å². The standard InChI is InChI=1S/C11H8BrN3O2S/c1-4-7-8(10(13)17-11(7)15-14-4)9(16)6-2-5(12)3-18-6/h2-3H,13H2,1H3,(H,14,15). The predicted molar refractivity (Wildman–Crippen MR) is 73.0 cm³/mol. The Morgan fingerprint density at radius 2 is 2.39 bits per heavy atom. The largest absolute Gasteiger partial charge is 0.420 e. The first-order valence-electron chi connectivity index (χ1n) is 5.09. The van der Waals surface area contributed by atoms with Crippen LogP contribution in [-0.2, 0) is 0 Å². The molecule has 3 aromatic heterocycles. The number of aryl methyl sites for hydroxylation is 1. The van der Waals surface area contributed by atoms with E-state index in [0.717, 1.165) is 10.2 Å². The molecule has 0 saturated carbocycles. The smallest absolute Gasteiger partial charge is 0.248 e. The number of H-pyrrole nitrogens is 1. The lowest BCUT2D eigenvalue weighted by Crippen LogP contribution is -2.01. The number of ketones is 1. The van der Waals surface area contributed by atoms with E-state index >= 15 is 0 Å². The van der Waals surface area contributed by atoms with Crippen LogP contribution in [0.1, 0.15) is 20.9 Å². The Morgan fingerprint density at radius 3 is 3.06 bits per heavy atom. The molecule has 0 radical (unpaired) electrons. The van der Waals surface area contributed by atoms with Crippen LogP contribution in [0.25, 0.3) is 11.1 Å². The lowest BCUT2D eigenvalue weighted by Gasteiger charge is -1.96. The molecule has 0 saturated heterocycles. The van der Waals surface area contributed by atoms with Gasteiger partial charge in [0, 0.05) is 15.5 Å². The van der Waals surface area contributed by atoms with Gasteiger partial charge in [-0.3, -0.25) is 9.89 Å². The highest BCUT2D eigenvalue weighted by molar-refractivity contribution is 9.10. The molecule has 18 heavy (non-hydrogen) atoms. The summed E-state index contributed by atoms with van der Waals surface area (Å²) in [5.74, 6) is -0.0365. The van der Waals surface area contributed by atoms with Crippen LogP contribution in [-0.4, -0.2) is 16.0 Å². The van der Waals surface area contributed by atoms with Crippen molar-refractivity contribution in [2.45, 2.75) is 6.92 Å². The molecule has 0 aromatic carbocycles. The van der Waals surface area contributed by atoms with Gasteiger partial charge in [-0.05, 0) is 28.9 Å². The molecule has 5 nitrogen and oxygen atoms in total. The van der Waals surface area contributed by atoms with Crippen LogP contribution in [0.15, 0.2) is 20.3 Å². The predicted octanol–water partition coefficient (Wildman–Crippen LogP) is 3.10. The Bertz CT molecular complexity index is 756. The number of furan rings is 1. The minimum Gasteiger partial charge on any atom is -0.420 e. The summed E-state index contributed by atoms with van der Waals surface area (Å²) in [5, 5.41) is 9.23. The quantitative estimate of drug-likeness (QED) is 0.709. The highest BCUT2D eigenvalue weighted by Crippen LogP contribution is 2.32. The second-order valence-corrected chi connectivity index (χ2v) is 5.66. The summed E-state index contributed by atoms with van der Waals surface area (Å²) in [6.07, 6.45) is 0. The first-order chi connectivity index (χ1) is 8.58. The van der Waals surface area contributed by atoms with Gasteiger partial charge in [0.15, 0.2) is 0 Å². The molecule has 0 amide bonds. The second-order valence-electron chi connectivity index (χ2n) is 3.83. The average molecular weight is 326 g/mol. The zero-order chi connectivity index (χ0) is 12.9. The molecule has 0 bridgehead atoms. The number of aromatic amines is 1. The number of fused-ring (bicyclic) bond motifs is 1. The first-order valence-corrected chi connectivity index (χ1v) is 6.77. The van der Waals surface area contributed by atoms with E-state index in [-0.39, 0.29) is 11.7 Å². The lowest BCUT2D eigenvalue weighted by molar-refractivity contribution is 0.104. The Morgan fingerprint density at radius 1 is 1.61 bits per heavy atom. The van der Waals surface area contributed by atoms with Gasteiger partial charge >= 0.3 is 0 Å². The molecule has 0 spiro atoms. The molecule has 0 aliphatic carbocycles. The highest BCUT2D eigenvalue weighted by Gasteiger charge is 2.24. The van der Waals surface area contributed by atoms with Crippen molar-refractivity contribution in [3.8, 4) is 0 Å². The van der Waals surface area contributed by atoms with Crippen molar-refractivity contribution in [3.63, 3.8) is 0 Å². The van der Waals surface area contributed by atoms with Crippen LogP contribution in [0.4, 0.5) is 5.88 Å². The summed E-state index contributed by atoms with van der Waals surface area (Å²) in [6.45, 7) is 1.82.